The smallest absolute Gasteiger partial charge is 0.0495 e. The molecule has 0 radical (unpaired) electrons. The van der Waals surface area contributed by atoms with E-state index in [9.17, 15) is 0 Å². The van der Waals surface area contributed by atoms with Gasteiger partial charge in [-0.15, -0.1) is 0 Å². The van der Waals surface area contributed by atoms with E-state index in [2.05, 4.69) is 172 Å². The molecule has 3 heteroatoms. The first kappa shape index (κ1) is 30.0. The van der Waals surface area contributed by atoms with Crippen molar-refractivity contribution in [3.8, 4) is 11.1 Å². The highest BCUT2D eigenvalue weighted by molar-refractivity contribution is 6.17. The summed E-state index contributed by atoms with van der Waals surface area (Å²) in [6, 6.07) is 43.8. The maximum atomic E-state index is 5.00. The zero-order valence-corrected chi connectivity index (χ0v) is 26.6. The quantitative estimate of drug-likeness (QED) is 0.189. The Bertz CT molecular complexity index is 1970. The molecule has 1 aromatic heterocycles. The SMILES string of the molecule is Cn1c2cccc3c2c2c(cccc21)C1C(C(C)(C)C)=CC=CC1c1ccccc1-3.N=N.c1ccc(Cc2ccccc2)cc1. The summed E-state index contributed by atoms with van der Waals surface area (Å²) in [6.45, 7) is 7.07. The molecule has 2 N–H and O–H groups in total. The number of hydrogen-bond donors (Lipinski definition) is 2. The molecular formula is C42H41N3. The first-order valence-electron chi connectivity index (χ1n) is 15.7. The van der Waals surface area contributed by atoms with Crippen molar-refractivity contribution >= 4 is 21.8 Å². The summed E-state index contributed by atoms with van der Waals surface area (Å²) in [7, 11) is 2.21. The highest BCUT2D eigenvalue weighted by Crippen LogP contribution is 2.54. The van der Waals surface area contributed by atoms with Gasteiger partial charge in [0.2, 0.25) is 0 Å². The van der Waals surface area contributed by atoms with Gasteiger partial charge in [-0.3, -0.25) is 0 Å². The molecule has 2 unspecified atom stereocenters. The molecule has 0 spiro atoms. The first-order valence-corrected chi connectivity index (χ1v) is 15.7. The maximum absolute atomic E-state index is 5.00. The summed E-state index contributed by atoms with van der Waals surface area (Å²) in [5, 5.41) is 2.83. The average Bonchev–Trinajstić information content (AvgIpc) is 3.37. The Balaban J connectivity index is 0.000000200. The number of nitrogens with zero attached hydrogens (tertiary/aromatic N) is 1. The topological polar surface area (TPSA) is 52.6 Å². The van der Waals surface area contributed by atoms with Gasteiger partial charge in [0.15, 0.2) is 0 Å². The molecule has 0 aliphatic heterocycles. The minimum Gasteiger partial charge on any atom is -0.344 e. The van der Waals surface area contributed by atoms with Crippen LogP contribution in [0.1, 0.15) is 54.9 Å². The summed E-state index contributed by atoms with van der Waals surface area (Å²) in [6.07, 6.45) is 8.11. The van der Waals surface area contributed by atoms with Crippen LogP contribution in [0.4, 0.5) is 0 Å². The lowest BCUT2D eigenvalue weighted by atomic mass is 9.64. The number of aryl methyl sites for hydroxylation is 1. The first-order chi connectivity index (χ1) is 21.9. The third kappa shape index (κ3) is 5.55. The third-order valence-corrected chi connectivity index (χ3v) is 9.28. The number of aromatic nitrogens is 1. The highest BCUT2D eigenvalue weighted by atomic mass is 14.9. The summed E-state index contributed by atoms with van der Waals surface area (Å²) >= 11 is 0. The van der Waals surface area contributed by atoms with E-state index in [-0.39, 0.29) is 5.41 Å². The van der Waals surface area contributed by atoms with E-state index in [4.69, 9.17) is 11.1 Å². The lowest BCUT2D eigenvalue weighted by Crippen LogP contribution is -2.24. The molecule has 2 aliphatic carbocycles. The molecule has 6 aromatic rings. The molecule has 3 nitrogen and oxygen atoms in total. The molecule has 0 saturated carbocycles. The van der Waals surface area contributed by atoms with E-state index in [0.717, 1.165) is 6.42 Å². The Morgan fingerprint density at radius 2 is 1.13 bits per heavy atom. The van der Waals surface area contributed by atoms with Gasteiger partial charge in [-0.05, 0) is 57.3 Å². The Hall–Kier alpha value is -5.02. The Morgan fingerprint density at radius 1 is 0.600 bits per heavy atom. The zero-order chi connectivity index (χ0) is 31.6. The lowest BCUT2D eigenvalue weighted by molar-refractivity contribution is 0.447. The summed E-state index contributed by atoms with van der Waals surface area (Å²) < 4.78 is 2.37. The van der Waals surface area contributed by atoms with Crippen LogP contribution in [-0.2, 0) is 13.5 Å². The molecule has 45 heavy (non-hydrogen) atoms. The Morgan fingerprint density at radius 3 is 1.78 bits per heavy atom. The number of fused-ring (bicyclic) bond motifs is 5. The average molecular weight is 588 g/mol. The van der Waals surface area contributed by atoms with Crippen LogP contribution in [0.3, 0.4) is 0 Å². The van der Waals surface area contributed by atoms with Crippen molar-refractivity contribution < 1.29 is 0 Å². The molecule has 2 atom stereocenters. The predicted octanol–water partition coefficient (Wildman–Crippen LogP) is 11.6. The normalized spacial score (nSPS) is 16.3. The molecule has 224 valence electrons. The largest absolute Gasteiger partial charge is 0.344 e. The number of benzene rings is 5. The van der Waals surface area contributed by atoms with Gasteiger partial charge in [-0.2, -0.15) is 0 Å². The molecule has 8 rings (SSSR count). The molecule has 2 aliphatic rings. The zero-order valence-electron chi connectivity index (χ0n) is 26.6. The van der Waals surface area contributed by atoms with Gasteiger partial charge in [0.25, 0.3) is 0 Å². The molecule has 1 heterocycles. The van der Waals surface area contributed by atoms with Crippen molar-refractivity contribution in [2.24, 2.45) is 12.5 Å². The van der Waals surface area contributed by atoms with E-state index in [1.165, 1.54) is 60.8 Å². The lowest BCUT2D eigenvalue weighted by Gasteiger charge is -2.39. The van der Waals surface area contributed by atoms with Crippen molar-refractivity contribution in [3.63, 3.8) is 0 Å². The van der Waals surface area contributed by atoms with Crippen molar-refractivity contribution in [1.29, 1.82) is 11.1 Å². The minimum atomic E-state index is 0.109. The van der Waals surface area contributed by atoms with Crippen LogP contribution in [-0.4, -0.2) is 4.57 Å². The second-order valence-corrected chi connectivity index (χ2v) is 13.0. The second-order valence-electron chi connectivity index (χ2n) is 13.0. The monoisotopic (exact) mass is 587 g/mol. The number of rotatable bonds is 2. The number of hydrogen-bond acceptors (Lipinski definition) is 2. The van der Waals surface area contributed by atoms with Gasteiger partial charge >= 0.3 is 0 Å². The van der Waals surface area contributed by atoms with Gasteiger partial charge in [-0.1, -0.05) is 154 Å². The van der Waals surface area contributed by atoms with Gasteiger partial charge in [0, 0.05) is 40.7 Å². The van der Waals surface area contributed by atoms with Gasteiger partial charge in [0.1, 0.15) is 0 Å². The van der Waals surface area contributed by atoms with E-state index in [0.29, 0.717) is 11.8 Å². The fourth-order valence-corrected chi connectivity index (χ4v) is 7.31. The Kier molecular flexibility index (Phi) is 8.36. The van der Waals surface area contributed by atoms with Crippen molar-refractivity contribution in [1.82, 2.24) is 4.57 Å². The van der Waals surface area contributed by atoms with Crippen LogP contribution in [0.15, 0.2) is 145 Å². The van der Waals surface area contributed by atoms with Gasteiger partial charge in [-0.25, -0.2) is 11.1 Å². The summed E-state index contributed by atoms with van der Waals surface area (Å²) in [4.78, 5) is 0. The molecule has 0 amide bonds. The van der Waals surface area contributed by atoms with Crippen LogP contribution in [0.2, 0.25) is 0 Å². The summed E-state index contributed by atoms with van der Waals surface area (Å²) in [5.41, 5.74) is 22.7. The van der Waals surface area contributed by atoms with Crippen molar-refractivity contribution in [3.05, 3.63) is 167 Å². The van der Waals surface area contributed by atoms with Crippen LogP contribution in [0.25, 0.3) is 32.9 Å². The van der Waals surface area contributed by atoms with E-state index >= 15 is 0 Å². The molecule has 0 bridgehead atoms. The minimum absolute atomic E-state index is 0.109. The molecule has 5 aromatic carbocycles. The predicted molar refractivity (Wildman–Crippen MR) is 189 cm³/mol. The second kappa shape index (κ2) is 12.5. The van der Waals surface area contributed by atoms with Crippen LogP contribution >= 0.6 is 0 Å². The van der Waals surface area contributed by atoms with Crippen molar-refractivity contribution in [2.45, 2.75) is 39.0 Å². The van der Waals surface area contributed by atoms with E-state index in [1.807, 2.05) is 0 Å². The van der Waals surface area contributed by atoms with E-state index in [1.54, 1.807) is 0 Å². The molecular weight excluding hydrogens is 546 g/mol. The summed E-state index contributed by atoms with van der Waals surface area (Å²) in [5.74, 6) is 0.688. The highest BCUT2D eigenvalue weighted by Gasteiger charge is 2.37. The maximum Gasteiger partial charge on any atom is 0.0495 e. The van der Waals surface area contributed by atoms with Crippen LogP contribution in [0.5, 0.6) is 0 Å². The fraction of sp³-hybridized carbons (Fsp3) is 0.190. The molecule has 0 saturated heterocycles. The van der Waals surface area contributed by atoms with Crippen LogP contribution < -0.4 is 0 Å². The fourth-order valence-electron chi connectivity index (χ4n) is 7.31. The van der Waals surface area contributed by atoms with E-state index < -0.39 is 0 Å². The number of allylic oxidation sites excluding steroid dienone is 4. The van der Waals surface area contributed by atoms with Gasteiger partial charge in [0.05, 0.1) is 0 Å². The number of nitrogens with one attached hydrogen (secondary N) is 2. The van der Waals surface area contributed by atoms with Gasteiger partial charge < -0.3 is 4.57 Å². The standard InChI is InChI=1S/C29H27N.C13H12.H2N2/c1-29(2,3)23-15-7-12-20-18-10-5-6-11-19(18)21-13-8-16-24-27(21)28-22(26(20)23)14-9-17-25(28)30(24)4;1-3-7-12(8-4-1)11-13-9-5-2-6-10-13;1-2/h5-17,20,26H,1-4H3;1-10H,11H2;1-2H. The third-order valence-electron chi connectivity index (χ3n) is 9.28. The van der Waals surface area contributed by atoms with Crippen LogP contribution in [0, 0.1) is 16.5 Å². The molecule has 0 fully saturated rings. The Labute approximate surface area is 266 Å². The van der Waals surface area contributed by atoms with Crippen molar-refractivity contribution in [2.75, 3.05) is 0 Å².